The molecule has 0 radical (unpaired) electrons. The fraction of sp³-hybridized carbons (Fsp3) is 0.556. The number of hydrogen-bond acceptors (Lipinski definition) is 7. The summed E-state index contributed by atoms with van der Waals surface area (Å²) in [5.41, 5.74) is 11.5. The molecule has 2 heterocycles. The molecule has 0 bridgehead atoms. The van der Waals surface area contributed by atoms with Gasteiger partial charge >= 0.3 is 0 Å². The molecule has 1 aliphatic rings. The van der Waals surface area contributed by atoms with Crippen LogP contribution in [0.3, 0.4) is 0 Å². The second-order valence-corrected chi connectivity index (χ2v) is 4.21. The van der Waals surface area contributed by atoms with E-state index in [4.69, 9.17) is 32.9 Å². The van der Waals surface area contributed by atoms with E-state index in [9.17, 15) is 0 Å². The number of halogens is 1. The third kappa shape index (κ3) is 2.68. The van der Waals surface area contributed by atoms with Crippen LogP contribution in [-0.4, -0.2) is 40.4 Å². The maximum atomic E-state index is 8.95. The van der Waals surface area contributed by atoms with Gasteiger partial charge in [0.1, 0.15) is 5.69 Å². The summed E-state index contributed by atoms with van der Waals surface area (Å²) >= 11 is 5.79. The van der Waals surface area contributed by atoms with Crippen molar-refractivity contribution < 1.29 is 9.84 Å². The van der Waals surface area contributed by atoms with Gasteiger partial charge in [-0.3, -0.25) is 0 Å². The minimum atomic E-state index is -0.150. The molecule has 2 rings (SSSR count). The molecule has 1 fully saturated rings. The van der Waals surface area contributed by atoms with Crippen LogP contribution in [0, 0.1) is 0 Å². The van der Waals surface area contributed by atoms with Gasteiger partial charge in [-0.05, 0) is 6.42 Å². The summed E-state index contributed by atoms with van der Waals surface area (Å²) in [6, 6.07) is 0.0276. The number of nitrogen functional groups attached to an aromatic ring is 2. The molecule has 0 aliphatic carbocycles. The van der Waals surface area contributed by atoms with Crippen molar-refractivity contribution in [3.8, 4) is 0 Å². The van der Waals surface area contributed by atoms with Crippen LogP contribution in [0.15, 0.2) is 0 Å². The normalized spacial score (nSPS) is 23.9. The number of rotatable bonds is 3. The summed E-state index contributed by atoms with van der Waals surface area (Å²) in [6.45, 7) is 0.479. The maximum Gasteiger partial charge on any atom is 0.223 e. The SMILES string of the molecule is Nc1nc(Cl)c(N)c(N[C@H]2CO[C@@H](CO)C2)n1. The van der Waals surface area contributed by atoms with Crippen LogP contribution in [0.4, 0.5) is 17.5 Å². The average molecular weight is 260 g/mol. The monoisotopic (exact) mass is 259 g/mol. The van der Waals surface area contributed by atoms with Crippen molar-refractivity contribution in [1.82, 2.24) is 9.97 Å². The van der Waals surface area contributed by atoms with E-state index >= 15 is 0 Å². The van der Waals surface area contributed by atoms with Crippen LogP contribution in [0.5, 0.6) is 0 Å². The van der Waals surface area contributed by atoms with Gasteiger partial charge in [-0.1, -0.05) is 11.6 Å². The van der Waals surface area contributed by atoms with E-state index in [2.05, 4.69) is 15.3 Å². The molecule has 7 nitrogen and oxygen atoms in total. The largest absolute Gasteiger partial charge is 0.394 e. The second kappa shape index (κ2) is 4.91. The van der Waals surface area contributed by atoms with Crippen LogP contribution < -0.4 is 16.8 Å². The lowest BCUT2D eigenvalue weighted by Crippen LogP contribution is -2.22. The summed E-state index contributed by atoms with van der Waals surface area (Å²) in [7, 11) is 0. The summed E-state index contributed by atoms with van der Waals surface area (Å²) < 4.78 is 5.33. The van der Waals surface area contributed by atoms with E-state index in [1.54, 1.807) is 0 Å². The fourth-order valence-corrected chi connectivity index (χ4v) is 1.87. The Hall–Kier alpha value is -1.31. The fourth-order valence-electron chi connectivity index (χ4n) is 1.70. The minimum absolute atomic E-state index is 0.000328. The van der Waals surface area contributed by atoms with Crippen LogP contribution >= 0.6 is 11.6 Å². The highest BCUT2D eigenvalue weighted by molar-refractivity contribution is 6.32. The molecular weight excluding hydrogens is 246 g/mol. The molecule has 94 valence electrons. The number of nitrogens with two attached hydrogens (primary N) is 2. The molecule has 0 unspecified atom stereocenters. The lowest BCUT2D eigenvalue weighted by Gasteiger charge is -2.14. The maximum absolute atomic E-state index is 8.95. The molecule has 0 saturated carbocycles. The van der Waals surface area contributed by atoms with E-state index in [0.29, 0.717) is 18.8 Å². The van der Waals surface area contributed by atoms with Gasteiger partial charge < -0.3 is 26.6 Å². The van der Waals surface area contributed by atoms with E-state index < -0.39 is 0 Å². The smallest absolute Gasteiger partial charge is 0.223 e. The number of anilines is 3. The number of ether oxygens (including phenoxy) is 1. The number of aliphatic hydroxyl groups is 1. The van der Waals surface area contributed by atoms with Gasteiger partial charge in [-0.25, -0.2) is 0 Å². The Morgan fingerprint density at radius 1 is 1.47 bits per heavy atom. The Morgan fingerprint density at radius 2 is 2.24 bits per heavy atom. The van der Waals surface area contributed by atoms with Crippen LogP contribution in [0.25, 0.3) is 0 Å². The molecule has 0 spiro atoms. The summed E-state index contributed by atoms with van der Waals surface area (Å²) in [4.78, 5) is 7.71. The Balaban J connectivity index is 2.09. The van der Waals surface area contributed by atoms with Crippen molar-refractivity contribution in [2.24, 2.45) is 0 Å². The van der Waals surface area contributed by atoms with Crippen LogP contribution in [-0.2, 0) is 4.74 Å². The minimum Gasteiger partial charge on any atom is -0.394 e. The third-order valence-corrected chi connectivity index (χ3v) is 2.83. The van der Waals surface area contributed by atoms with Gasteiger partial charge in [0.15, 0.2) is 11.0 Å². The van der Waals surface area contributed by atoms with Crippen molar-refractivity contribution in [1.29, 1.82) is 0 Å². The summed E-state index contributed by atoms with van der Waals surface area (Å²) in [5, 5.41) is 12.1. The zero-order valence-electron chi connectivity index (χ0n) is 9.06. The summed E-state index contributed by atoms with van der Waals surface area (Å²) in [5.74, 6) is 0.457. The first-order valence-corrected chi connectivity index (χ1v) is 5.55. The van der Waals surface area contributed by atoms with Crippen molar-refractivity contribution in [3.05, 3.63) is 5.15 Å². The molecule has 1 aliphatic heterocycles. The first-order valence-electron chi connectivity index (χ1n) is 5.17. The zero-order chi connectivity index (χ0) is 12.4. The van der Waals surface area contributed by atoms with E-state index in [0.717, 1.165) is 0 Å². The summed E-state index contributed by atoms with van der Waals surface area (Å²) in [6.07, 6.45) is 0.528. The number of hydrogen-bond donors (Lipinski definition) is 4. The molecule has 6 N–H and O–H groups in total. The molecular formula is C9H14ClN5O2. The zero-order valence-corrected chi connectivity index (χ0v) is 9.81. The molecule has 1 saturated heterocycles. The van der Waals surface area contributed by atoms with Crippen LogP contribution in [0.1, 0.15) is 6.42 Å². The molecule has 1 aromatic heterocycles. The third-order valence-electron chi connectivity index (χ3n) is 2.54. The van der Waals surface area contributed by atoms with E-state index in [1.807, 2.05) is 0 Å². The highest BCUT2D eigenvalue weighted by Gasteiger charge is 2.25. The predicted octanol–water partition coefficient (Wildman–Crippen LogP) is -0.144. The highest BCUT2D eigenvalue weighted by atomic mass is 35.5. The van der Waals surface area contributed by atoms with Gasteiger partial charge in [0.05, 0.1) is 25.4 Å². The lowest BCUT2D eigenvalue weighted by molar-refractivity contribution is 0.0588. The quantitative estimate of drug-likeness (QED) is 0.558. The Morgan fingerprint density at radius 3 is 2.88 bits per heavy atom. The molecule has 2 atom stereocenters. The standard InChI is InChI=1S/C9H14ClN5O2/c10-7-6(11)8(15-9(12)14-7)13-4-1-5(2-16)17-3-4/h4-5,16H,1-3,11H2,(H3,12,13,14,15)/t4-,5-/m1/s1. The number of aliphatic hydroxyl groups excluding tert-OH is 1. The Labute approximate surface area is 103 Å². The molecule has 1 aromatic rings. The number of nitrogens with zero attached hydrogens (tertiary/aromatic N) is 2. The van der Waals surface area contributed by atoms with Gasteiger partial charge in [-0.15, -0.1) is 0 Å². The highest BCUT2D eigenvalue weighted by Crippen LogP contribution is 2.26. The van der Waals surface area contributed by atoms with Crippen molar-refractivity contribution in [2.75, 3.05) is 30.0 Å². The van der Waals surface area contributed by atoms with E-state index in [-0.39, 0.29) is 35.5 Å². The molecule has 17 heavy (non-hydrogen) atoms. The topological polar surface area (TPSA) is 119 Å². The number of aromatic nitrogens is 2. The average Bonchev–Trinajstić information content (AvgIpc) is 2.73. The second-order valence-electron chi connectivity index (χ2n) is 3.85. The van der Waals surface area contributed by atoms with Crippen molar-refractivity contribution in [3.63, 3.8) is 0 Å². The predicted molar refractivity (Wildman–Crippen MR) is 64.7 cm³/mol. The lowest BCUT2D eigenvalue weighted by atomic mass is 10.2. The van der Waals surface area contributed by atoms with Gasteiger partial charge in [0.25, 0.3) is 0 Å². The molecule has 8 heteroatoms. The number of nitrogens with one attached hydrogen (secondary N) is 1. The molecule has 0 aromatic carbocycles. The first kappa shape index (κ1) is 12.2. The first-order chi connectivity index (χ1) is 8.10. The Bertz CT molecular complexity index is 417. The molecule has 0 amide bonds. The van der Waals surface area contributed by atoms with Crippen molar-refractivity contribution >= 4 is 29.1 Å². The van der Waals surface area contributed by atoms with Crippen molar-refractivity contribution in [2.45, 2.75) is 18.6 Å². The van der Waals surface area contributed by atoms with E-state index in [1.165, 1.54) is 0 Å². The van der Waals surface area contributed by atoms with Gasteiger partial charge in [0.2, 0.25) is 5.95 Å². The van der Waals surface area contributed by atoms with Crippen LogP contribution in [0.2, 0.25) is 5.15 Å². The van der Waals surface area contributed by atoms with Gasteiger partial charge in [-0.2, -0.15) is 9.97 Å². The Kier molecular flexibility index (Phi) is 3.51. The van der Waals surface area contributed by atoms with Gasteiger partial charge in [0, 0.05) is 0 Å².